The maximum atomic E-state index is 13.8. The zero-order chi connectivity index (χ0) is 37.4. The van der Waals surface area contributed by atoms with Crippen molar-refractivity contribution in [2.45, 2.75) is 91.0 Å². The fourth-order valence-electron chi connectivity index (χ4n) is 5.40. The van der Waals surface area contributed by atoms with Crippen molar-refractivity contribution < 1.29 is 28.7 Å². The number of hydrogen-bond donors (Lipinski definition) is 5. The van der Waals surface area contributed by atoms with E-state index in [1.807, 2.05) is 58.0 Å². The molecule has 0 aliphatic carbocycles. The first-order chi connectivity index (χ1) is 24.3. The highest BCUT2D eigenvalue weighted by molar-refractivity contribution is 5.98. The minimum absolute atomic E-state index is 0.230. The van der Waals surface area contributed by atoms with E-state index in [-0.39, 0.29) is 30.3 Å². The summed E-state index contributed by atoms with van der Waals surface area (Å²) in [6, 6.07) is 16.9. The number of benzene rings is 2. The van der Waals surface area contributed by atoms with Gasteiger partial charge in [-0.3, -0.25) is 24.2 Å². The molecule has 0 saturated carbocycles. The van der Waals surface area contributed by atoms with Crippen molar-refractivity contribution in [1.29, 1.82) is 0 Å². The molecule has 1 heterocycles. The summed E-state index contributed by atoms with van der Waals surface area (Å²) in [7, 11) is 1.32. The number of aromatic nitrogens is 1. The second kappa shape index (κ2) is 19.9. The summed E-state index contributed by atoms with van der Waals surface area (Å²) in [5.41, 5.74) is 2.33. The van der Waals surface area contributed by atoms with Crippen LogP contribution in [0.3, 0.4) is 0 Å². The zero-order valence-electron chi connectivity index (χ0n) is 30.5. The Morgan fingerprint density at radius 3 is 2.02 bits per heavy atom. The molecule has 0 radical (unpaired) electrons. The zero-order valence-corrected chi connectivity index (χ0v) is 30.5. The van der Waals surface area contributed by atoms with Gasteiger partial charge in [0.15, 0.2) is 0 Å². The number of amides is 4. The van der Waals surface area contributed by atoms with Crippen molar-refractivity contribution in [3.63, 3.8) is 0 Å². The largest absolute Gasteiger partial charge is 0.465 e. The number of carbonyl (C=O) groups excluding carboxylic acids is 5. The van der Waals surface area contributed by atoms with E-state index in [0.29, 0.717) is 36.8 Å². The third-order valence-corrected chi connectivity index (χ3v) is 8.17. The molecule has 0 aliphatic rings. The number of hydrogen-bond acceptors (Lipinski definition) is 8. The van der Waals surface area contributed by atoms with Gasteiger partial charge in [0, 0.05) is 37.1 Å². The highest BCUT2D eigenvalue weighted by Crippen LogP contribution is 2.21. The summed E-state index contributed by atoms with van der Waals surface area (Å²) in [5, 5.41) is 15.0. The van der Waals surface area contributed by atoms with Crippen molar-refractivity contribution in [2.75, 3.05) is 13.7 Å². The Morgan fingerprint density at radius 2 is 1.41 bits per heavy atom. The van der Waals surface area contributed by atoms with Gasteiger partial charge in [0.25, 0.3) is 5.91 Å². The third-order valence-electron chi connectivity index (χ3n) is 8.17. The van der Waals surface area contributed by atoms with Crippen molar-refractivity contribution in [3.05, 3.63) is 101 Å². The molecule has 0 fully saturated rings. The van der Waals surface area contributed by atoms with Crippen LogP contribution in [0.15, 0.2) is 79.1 Å². The monoisotopic (exact) mass is 700 g/mol. The van der Waals surface area contributed by atoms with Crippen LogP contribution in [0.5, 0.6) is 0 Å². The van der Waals surface area contributed by atoms with Crippen molar-refractivity contribution in [3.8, 4) is 0 Å². The van der Waals surface area contributed by atoms with E-state index in [9.17, 15) is 24.0 Å². The van der Waals surface area contributed by atoms with Crippen LogP contribution in [0, 0.1) is 5.41 Å². The van der Waals surface area contributed by atoms with Gasteiger partial charge in [0.2, 0.25) is 17.7 Å². The van der Waals surface area contributed by atoms with E-state index in [1.165, 1.54) is 19.5 Å². The maximum absolute atomic E-state index is 13.8. The average molecular weight is 701 g/mol. The summed E-state index contributed by atoms with van der Waals surface area (Å²) >= 11 is 0. The molecule has 2 aromatic carbocycles. The standard InChI is InChI=1S/C39H52N6O6/c1-7-11-32(44-37(49)33(23-39(3,4)5)45-35(47)29-18-20-40-21-19-29)36(48)43-31(22-27-12-9-8-10-13-27)25-41-26(2)34(46)42-24-28-14-16-30(17-15-28)38(50)51-6/h8-10,12-21,26,31-33,41H,7,11,22-25H2,1-6H3,(H,42,46)(H,43,48)(H,44,49)(H,45,47)/t26-,31?,32-,33-/m0/s1. The number of ether oxygens (including phenoxy) is 1. The Balaban J connectivity index is 1.67. The number of nitrogens with zero attached hydrogens (tertiary/aromatic N) is 1. The Morgan fingerprint density at radius 1 is 0.765 bits per heavy atom. The second-order valence-electron chi connectivity index (χ2n) is 13.8. The molecule has 3 rings (SSSR count). The van der Waals surface area contributed by atoms with Crippen LogP contribution in [0.4, 0.5) is 0 Å². The van der Waals surface area contributed by atoms with Crippen LogP contribution in [0.25, 0.3) is 0 Å². The van der Waals surface area contributed by atoms with Gasteiger partial charge in [-0.1, -0.05) is 76.6 Å². The van der Waals surface area contributed by atoms with Gasteiger partial charge in [-0.2, -0.15) is 0 Å². The van der Waals surface area contributed by atoms with Crippen molar-refractivity contribution >= 4 is 29.6 Å². The molecule has 3 aromatic rings. The quantitative estimate of drug-likeness (QED) is 0.125. The number of esters is 1. The lowest BCUT2D eigenvalue weighted by Gasteiger charge is -2.29. The number of methoxy groups -OCH3 is 1. The van der Waals surface area contributed by atoms with Gasteiger partial charge in [-0.15, -0.1) is 0 Å². The summed E-state index contributed by atoms with van der Waals surface area (Å²) in [6.45, 7) is 10.2. The minimum atomic E-state index is -0.871. The second-order valence-corrected chi connectivity index (χ2v) is 13.8. The average Bonchev–Trinajstić information content (AvgIpc) is 3.12. The highest BCUT2D eigenvalue weighted by Gasteiger charge is 2.31. The first-order valence-electron chi connectivity index (χ1n) is 17.3. The Labute approximate surface area is 300 Å². The van der Waals surface area contributed by atoms with Gasteiger partial charge >= 0.3 is 5.97 Å². The maximum Gasteiger partial charge on any atom is 0.337 e. The Bertz CT molecular complexity index is 1580. The molecule has 0 bridgehead atoms. The predicted molar refractivity (Wildman–Crippen MR) is 196 cm³/mol. The number of pyridine rings is 1. The van der Waals surface area contributed by atoms with Gasteiger partial charge in [-0.25, -0.2) is 4.79 Å². The summed E-state index contributed by atoms with van der Waals surface area (Å²) < 4.78 is 4.73. The Kier molecular flexibility index (Phi) is 15.8. The molecule has 0 spiro atoms. The van der Waals surface area contributed by atoms with E-state index in [4.69, 9.17) is 4.74 Å². The molecular weight excluding hydrogens is 648 g/mol. The molecule has 0 aliphatic heterocycles. The summed E-state index contributed by atoms with van der Waals surface area (Å²) in [5.74, 6) is -1.85. The Hall–Kier alpha value is -5.10. The number of rotatable bonds is 18. The molecule has 12 heteroatoms. The molecule has 5 N–H and O–H groups in total. The lowest BCUT2D eigenvalue weighted by Crippen LogP contribution is -2.57. The predicted octanol–water partition coefficient (Wildman–Crippen LogP) is 3.71. The fraction of sp³-hybridized carbons (Fsp3) is 0.436. The number of nitrogens with one attached hydrogen (secondary N) is 5. The molecule has 1 unspecified atom stereocenters. The van der Waals surface area contributed by atoms with Gasteiger partial charge in [0.1, 0.15) is 12.1 Å². The van der Waals surface area contributed by atoms with Crippen LogP contribution >= 0.6 is 0 Å². The van der Waals surface area contributed by atoms with Gasteiger partial charge in [-0.05, 0) is 67.0 Å². The summed E-state index contributed by atoms with van der Waals surface area (Å²) in [4.78, 5) is 69.1. The first kappa shape index (κ1) is 40.3. The lowest BCUT2D eigenvalue weighted by molar-refractivity contribution is -0.130. The molecule has 51 heavy (non-hydrogen) atoms. The highest BCUT2D eigenvalue weighted by atomic mass is 16.5. The van der Waals surface area contributed by atoms with Crippen LogP contribution in [0.1, 0.15) is 85.7 Å². The third kappa shape index (κ3) is 14.0. The molecular formula is C39H52N6O6. The van der Waals surface area contributed by atoms with Crippen LogP contribution in [-0.2, 0) is 32.1 Å². The molecule has 4 amide bonds. The normalized spacial score (nSPS) is 13.5. The minimum Gasteiger partial charge on any atom is -0.465 e. The van der Waals surface area contributed by atoms with Crippen LogP contribution in [0.2, 0.25) is 0 Å². The van der Waals surface area contributed by atoms with E-state index < -0.39 is 42.0 Å². The number of carbonyl (C=O) groups is 5. The summed E-state index contributed by atoms with van der Waals surface area (Å²) in [6.07, 6.45) is 4.89. The van der Waals surface area contributed by atoms with Crippen molar-refractivity contribution in [1.82, 2.24) is 31.6 Å². The first-order valence-corrected chi connectivity index (χ1v) is 17.3. The molecule has 1 aromatic heterocycles. The molecule has 0 saturated heterocycles. The topological polar surface area (TPSA) is 168 Å². The smallest absolute Gasteiger partial charge is 0.337 e. The van der Waals surface area contributed by atoms with Crippen LogP contribution < -0.4 is 26.6 Å². The van der Waals surface area contributed by atoms with Gasteiger partial charge in [0.05, 0.1) is 18.7 Å². The van der Waals surface area contributed by atoms with Crippen LogP contribution in [-0.4, -0.2) is 72.4 Å². The fourth-order valence-corrected chi connectivity index (χ4v) is 5.40. The van der Waals surface area contributed by atoms with E-state index >= 15 is 0 Å². The van der Waals surface area contributed by atoms with E-state index in [2.05, 4.69) is 31.6 Å². The SMILES string of the molecule is CCC[C@H](NC(=O)[C@H](CC(C)(C)C)NC(=O)c1ccncc1)C(=O)NC(CN[C@@H](C)C(=O)NCc1ccc(C(=O)OC)cc1)Cc1ccccc1. The van der Waals surface area contributed by atoms with E-state index in [1.54, 1.807) is 43.3 Å². The van der Waals surface area contributed by atoms with E-state index in [0.717, 1.165) is 11.1 Å². The van der Waals surface area contributed by atoms with Crippen molar-refractivity contribution in [2.24, 2.45) is 5.41 Å². The lowest BCUT2D eigenvalue weighted by atomic mass is 9.87. The van der Waals surface area contributed by atoms with Gasteiger partial charge < -0.3 is 31.3 Å². The molecule has 4 atom stereocenters. The molecule has 12 nitrogen and oxygen atoms in total. The molecule has 274 valence electrons.